The zero-order valence-electron chi connectivity index (χ0n) is 6.65. The topological polar surface area (TPSA) is 45.2 Å². The lowest BCUT2D eigenvalue weighted by Crippen LogP contribution is -1.85. The zero-order valence-corrected chi connectivity index (χ0v) is 7.47. The van der Waals surface area contributed by atoms with Crippen molar-refractivity contribution in [3.05, 3.63) is 24.5 Å². The molecule has 3 nitrogen and oxygen atoms in total. The Balaban J connectivity index is 2.53. The molecule has 1 atom stereocenters. The lowest BCUT2D eigenvalue weighted by atomic mass is 10.2. The smallest absolute Gasteiger partial charge is 0.0991 e. The fourth-order valence-corrected chi connectivity index (χ4v) is 2.60. The highest BCUT2D eigenvalue weighted by molar-refractivity contribution is 7.99. The normalized spacial score (nSPS) is 19.5. The average Bonchev–Trinajstić information content (AvgIpc) is 2.70. The van der Waals surface area contributed by atoms with E-state index in [9.17, 15) is 4.21 Å². The maximum atomic E-state index is 11.5. The second-order valence-electron chi connectivity index (χ2n) is 2.90. The van der Waals surface area contributed by atoms with Gasteiger partial charge >= 0.3 is 0 Å². The van der Waals surface area contributed by atoms with E-state index in [4.69, 9.17) is 0 Å². The molecule has 0 saturated carbocycles. The van der Waals surface area contributed by atoms with E-state index in [0.29, 0.717) is 0 Å². The number of benzene rings is 1. The molecular weight excluding hydrogens is 184 g/mol. The number of aromatic nitrogens is 1. The van der Waals surface area contributed by atoms with Gasteiger partial charge in [0.2, 0.25) is 0 Å². The van der Waals surface area contributed by atoms with Gasteiger partial charge in [0.25, 0.3) is 0 Å². The van der Waals surface area contributed by atoms with Crippen molar-refractivity contribution in [2.45, 2.75) is 4.90 Å². The SMILES string of the molecule is O=S1C=Nc2ccc3c[nH]cc3c21. The summed E-state index contributed by atoms with van der Waals surface area (Å²) >= 11 is 0. The van der Waals surface area contributed by atoms with Crippen LogP contribution in [0, 0.1) is 0 Å². The van der Waals surface area contributed by atoms with E-state index in [1.165, 1.54) is 5.55 Å². The Morgan fingerprint density at radius 3 is 3.15 bits per heavy atom. The Kier molecular flexibility index (Phi) is 1.24. The summed E-state index contributed by atoms with van der Waals surface area (Å²) in [7, 11) is -1.06. The van der Waals surface area contributed by atoms with Gasteiger partial charge in [-0.2, -0.15) is 0 Å². The molecule has 1 N–H and O–H groups in total. The summed E-state index contributed by atoms with van der Waals surface area (Å²) in [6.45, 7) is 0. The average molecular weight is 190 g/mol. The molecule has 0 amide bonds. The number of rotatable bonds is 0. The number of hydrogen-bond donors (Lipinski definition) is 1. The number of hydrogen-bond acceptors (Lipinski definition) is 2. The Labute approximate surface area is 77.0 Å². The zero-order chi connectivity index (χ0) is 8.84. The summed E-state index contributed by atoms with van der Waals surface area (Å²) in [6.07, 6.45) is 3.76. The highest BCUT2D eigenvalue weighted by Crippen LogP contribution is 2.34. The minimum absolute atomic E-state index is 0.824. The second kappa shape index (κ2) is 2.29. The summed E-state index contributed by atoms with van der Waals surface area (Å²) in [5, 5.41) is 2.09. The van der Waals surface area contributed by atoms with Crippen LogP contribution in [0.1, 0.15) is 0 Å². The molecule has 0 radical (unpaired) electrons. The molecule has 3 rings (SSSR count). The molecule has 2 aromatic rings. The van der Waals surface area contributed by atoms with Crippen LogP contribution < -0.4 is 0 Å². The van der Waals surface area contributed by atoms with Crippen molar-refractivity contribution in [1.29, 1.82) is 0 Å². The van der Waals surface area contributed by atoms with Gasteiger partial charge in [-0.15, -0.1) is 0 Å². The van der Waals surface area contributed by atoms with Gasteiger partial charge in [-0.05, 0) is 6.07 Å². The number of aromatic amines is 1. The van der Waals surface area contributed by atoms with Crippen LogP contribution in [-0.2, 0) is 10.8 Å². The Hall–Kier alpha value is -1.42. The molecule has 1 aliphatic heterocycles. The number of nitrogens with zero attached hydrogens (tertiary/aromatic N) is 1. The first-order valence-corrected chi connectivity index (χ1v) is 5.12. The van der Waals surface area contributed by atoms with Gasteiger partial charge in [0, 0.05) is 23.2 Å². The maximum absolute atomic E-state index is 11.5. The van der Waals surface area contributed by atoms with Crippen LogP contribution in [-0.4, -0.2) is 14.7 Å². The summed E-state index contributed by atoms with van der Waals surface area (Å²) in [5.41, 5.74) is 2.31. The largest absolute Gasteiger partial charge is 0.366 e. The minimum Gasteiger partial charge on any atom is -0.366 e. The van der Waals surface area contributed by atoms with Gasteiger partial charge in [0.1, 0.15) is 0 Å². The van der Waals surface area contributed by atoms with Gasteiger partial charge in [0.15, 0.2) is 0 Å². The van der Waals surface area contributed by atoms with E-state index in [2.05, 4.69) is 9.98 Å². The summed E-state index contributed by atoms with van der Waals surface area (Å²) in [5.74, 6) is 0. The number of H-pyrrole nitrogens is 1. The molecule has 1 aromatic heterocycles. The van der Waals surface area contributed by atoms with Gasteiger partial charge in [0.05, 0.1) is 26.9 Å². The van der Waals surface area contributed by atoms with Gasteiger partial charge in [-0.25, -0.2) is 9.20 Å². The van der Waals surface area contributed by atoms with Crippen molar-refractivity contribution >= 4 is 32.8 Å². The van der Waals surface area contributed by atoms with E-state index in [0.717, 1.165) is 21.4 Å². The fourth-order valence-electron chi connectivity index (χ4n) is 1.56. The van der Waals surface area contributed by atoms with Crippen LogP contribution in [0.3, 0.4) is 0 Å². The van der Waals surface area contributed by atoms with E-state index < -0.39 is 10.8 Å². The molecule has 2 heterocycles. The minimum atomic E-state index is -1.06. The highest BCUT2D eigenvalue weighted by atomic mass is 32.2. The summed E-state index contributed by atoms with van der Waals surface area (Å²) < 4.78 is 11.5. The predicted molar refractivity (Wildman–Crippen MR) is 52.9 cm³/mol. The highest BCUT2D eigenvalue weighted by Gasteiger charge is 2.17. The molecule has 4 heteroatoms. The lowest BCUT2D eigenvalue weighted by molar-refractivity contribution is 0.691. The van der Waals surface area contributed by atoms with E-state index in [-0.39, 0.29) is 0 Å². The van der Waals surface area contributed by atoms with Crippen LogP contribution in [0.15, 0.2) is 34.4 Å². The second-order valence-corrected chi connectivity index (χ2v) is 4.12. The number of aliphatic imine (C=N–C) groups is 1. The molecule has 0 aliphatic carbocycles. The molecule has 1 unspecified atom stereocenters. The van der Waals surface area contributed by atoms with E-state index in [1.54, 1.807) is 0 Å². The van der Waals surface area contributed by atoms with Crippen molar-refractivity contribution in [3.63, 3.8) is 0 Å². The quantitative estimate of drug-likeness (QED) is 0.678. The first-order chi connectivity index (χ1) is 6.36. The van der Waals surface area contributed by atoms with Gasteiger partial charge in [-0.1, -0.05) is 6.07 Å². The molecule has 1 aromatic carbocycles. The summed E-state index contributed by atoms with van der Waals surface area (Å²) in [4.78, 5) is 7.90. The molecular formula is C9H6N2OS. The van der Waals surface area contributed by atoms with Gasteiger partial charge < -0.3 is 4.98 Å². The Bertz CT molecular complexity index is 542. The third-order valence-corrected chi connectivity index (χ3v) is 3.29. The summed E-state index contributed by atoms with van der Waals surface area (Å²) in [6, 6.07) is 3.87. The third kappa shape index (κ3) is 0.833. The molecule has 0 spiro atoms. The molecule has 0 bridgehead atoms. The van der Waals surface area contributed by atoms with Crippen LogP contribution in [0.2, 0.25) is 0 Å². The molecule has 0 saturated heterocycles. The van der Waals surface area contributed by atoms with E-state index in [1.807, 2.05) is 24.5 Å². The van der Waals surface area contributed by atoms with Crippen molar-refractivity contribution in [3.8, 4) is 0 Å². The Morgan fingerprint density at radius 1 is 1.31 bits per heavy atom. The standard InChI is InChI=1S/C9H6N2OS/c12-13-5-11-8-2-1-6-3-10-4-7(6)9(8)13/h1-5,10H. The lowest BCUT2D eigenvalue weighted by Gasteiger charge is -1.96. The van der Waals surface area contributed by atoms with Crippen LogP contribution >= 0.6 is 0 Å². The molecule has 1 aliphatic rings. The molecule has 64 valence electrons. The van der Waals surface area contributed by atoms with Crippen LogP contribution in [0.4, 0.5) is 5.69 Å². The fraction of sp³-hybridized carbons (Fsp3) is 0. The first-order valence-electron chi connectivity index (χ1n) is 3.90. The molecule has 0 fully saturated rings. The molecule has 13 heavy (non-hydrogen) atoms. The van der Waals surface area contributed by atoms with E-state index >= 15 is 0 Å². The Morgan fingerprint density at radius 2 is 2.23 bits per heavy atom. The van der Waals surface area contributed by atoms with Crippen molar-refractivity contribution < 1.29 is 4.21 Å². The first kappa shape index (κ1) is 7.03. The van der Waals surface area contributed by atoms with Gasteiger partial charge in [-0.3, -0.25) is 0 Å². The van der Waals surface area contributed by atoms with Crippen molar-refractivity contribution in [1.82, 2.24) is 4.98 Å². The number of fused-ring (bicyclic) bond motifs is 3. The maximum Gasteiger partial charge on any atom is 0.0991 e. The van der Waals surface area contributed by atoms with Crippen molar-refractivity contribution in [2.24, 2.45) is 4.99 Å². The van der Waals surface area contributed by atoms with Crippen LogP contribution in [0.25, 0.3) is 10.8 Å². The third-order valence-electron chi connectivity index (χ3n) is 2.16. The van der Waals surface area contributed by atoms with Crippen molar-refractivity contribution in [2.75, 3.05) is 0 Å². The monoisotopic (exact) mass is 190 g/mol. The number of nitrogens with one attached hydrogen (secondary N) is 1. The predicted octanol–water partition coefficient (Wildman–Crippen LogP) is 1.95. The van der Waals surface area contributed by atoms with Crippen LogP contribution in [0.5, 0.6) is 0 Å².